The second-order valence-corrected chi connectivity index (χ2v) is 4.92. The third kappa shape index (κ3) is 4.71. The van der Waals surface area contributed by atoms with Crippen molar-refractivity contribution in [2.75, 3.05) is 6.54 Å². The van der Waals surface area contributed by atoms with E-state index >= 15 is 0 Å². The summed E-state index contributed by atoms with van der Waals surface area (Å²) in [6, 6.07) is 7.77. The van der Waals surface area contributed by atoms with Gasteiger partial charge >= 0.3 is 0 Å². The molecule has 0 fully saturated rings. The number of halogens is 1. The number of imidazole rings is 1. The fraction of sp³-hybridized carbons (Fsp3) is 0.143. The first-order valence-electron chi connectivity index (χ1n) is 5.93. The van der Waals surface area contributed by atoms with Crippen LogP contribution >= 0.6 is 15.9 Å². The Labute approximate surface area is 120 Å². The molecular weight excluding hydrogens is 306 g/mol. The third-order valence-corrected chi connectivity index (χ3v) is 3.07. The number of H-pyrrole nitrogens is 1. The molecular formula is C14H14BrN3O. The van der Waals surface area contributed by atoms with Crippen LogP contribution in [0.1, 0.15) is 11.3 Å². The largest absolute Gasteiger partial charge is 0.352 e. The lowest BCUT2D eigenvalue weighted by Gasteiger charge is -2.00. The lowest BCUT2D eigenvalue weighted by atomic mass is 10.2. The van der Waals surface area contributed by atoms with E-state index in [1.165, 1.54) is 6.08 Å². The van der Waals surface area contributed by atoms with Crippen molar-refractivity contribution in [1.29, 1.82) is 0 Å². The van der Waals surface area contributed by atoms with E-state index < -0.39 is 0 Å². The molecule has 0 aliphatic carbocycles. The number of benzene rings is 1. The van der Waals surface area contributed by atoms with Crippen molar-refractivity contribution in [3.05, 3.63) is 58.6 Å². The van der Waals surface area contributed by atoms with Gasteiger partial charge in [0, 0.05) is 35.4 Å². The topological polar surface area (TPSA) is 57.8 Å². The van der Waals surface area contributed by atoms with Crippen LogP contribution in [-0.4, -0.2) is 22.4 Å². The van der Waals surface area contributed by atoms with Gasteiger partial charge in [0.1, 0.15) is 0 Å². The zero-order valence-electron chi connectivity index (χ0n) is 10.3. The summed E-state index contributed by atoms with van der Waals surface area (Å²) in [4.78, 5) is 18.5. The fourth-order valence-corrected chi connectivity index (χ4v) is 1.81. The first kappa shape index (κ1) is 13.5. The maximum atomic E-state index is 11.6. The third-order valence-electron chi connectivity index (χ3n) is 2.55. The van der Waals surface area contributed by atoms with E-state index in [4.69, 9.17) is 0 Å². The van der Waals surface area contributed by atoms with E-state index in [1.54, 1.807) is 18.6 Å². The van der Waals surface area contributed by atoms with Gasteiger partial charge in [-0.05, 0) is 23.8 Å². The Morgan fingerprint density at radius 3 is 2.84 bits per heavy atom. The van der Waals surface area contributed by atoms with Crippen LogP contribution in [0.5, 0.6) is 0 Å². The molecule has 0 unspecified atom stereocenters. The lowest BCUT2D eigenvalue weighted by molar-refractivity contribution is -0.116. The summed E-state index contributed by atoms with van der Waals surface area (Å²) in [5.74, 6) is -0.0950. The average molecular weight is 320 g/mol. The molecule has 1 aromatic heterocycles. The molecule has 1 aromatic carbocycles. The van der Waals surface area contributed by atoms with Crippen LogP contribution in [0.2, 0.25) is 0 Å². The SMILES string of the molecule is O=C(C=Cc1ccc(Br)cc1)NCCc1cnc[nH]1. The van der Waals surface area contributed by atoms with Crippen molar-refractivity contribution in [3.8, 4) is 0 Å². The Kier molecular flexibility index (Phi) is 4.92. The van der Waals surface area contributed by atoms with Crippen molar-refractivity contribution in [1.82, 2.24) is 15.3 Å². The fourth-order valence-electron chi connectivity index (χ4n) is 1.55. The highest BCUT2D eigenvalue weighted by Gasteiger charge is 1.97. The number of hydrogen-bond donors (Lipinski definition) is 2. The molecule has 0 radical (unpaired) electrons. The van der Waals surface area contributed by atoms with Gasteiger partial charge in [-0.3, -0.25) is 4.79 Å². The van der Waals surface area contributed by atoms with E-state index in [1.807, 2.05) is 24.3 Å². The highest BCUT2D eigenvalue weighted by molar-refractivity contribution is 9.10. The molecule has 2 aromatic rings. The van der Waals surface area contributed by atoms with Gasteiger partial charge < -0.3 is 10.3 Å². The first-order valence-corrected chi connectivity index (χ1v) is 6.72. The molecule has 0 atom stereocenters. The minimum absolute atomic E-state index is 0.0950. The quantitative estimate of drug-likeness (QED) is 0.832. The molecule has 0 saturated carbocycles. The average Bonchev–Trinajstić information content (AvgIpc) is 2.91. The molecule has 1 heterocycles. The maximum Gasteiger partial charge on any atom is 0.244 e. The minimum Gasteiger partial charge on any atom is -0.352 e. The number of aromatic amines is 1. The summed E-state index contributed by atoms with van der Waals surface area (Å²) in [6.45, 7) is 0.589. The van der Waals surface area contributed by atoms with Crippen LogP contribution in [0, 0.1) is 0 Å². The number of nitrogens with one attached hydrogen (secondary N) is 2. The van der Waals surface area contributed by atoms with Gasteiger partial charge in [-0.15, -0.1) is 0 Å². The summed E-state index contributed by atoms with van der Waals surface area (Å²) in [5.41, 5.74) is 2.00. The van der Waals surface area contributed by atoms with Gasteiger partial charge in [0.25, 0.3) is 0 Å². The van der Waals surface area contributed by atoms with Crippen molar-refractivity contribution >= 4 is 27.9 Å². The Morgan fingerprint density at radius 2 is 2.16 bits per heavy atom. The highest BCUT2D eigenvalue weighted by atomic mass is 79.9. The number of amides is 1. The van der Waals surface area contributed by atoms with Gasteiger partial charge in [-0.25, -0.2) is 4.98 Å². The van der Waals surface area contributed by atoms with Crippen molar-refractivity contribution in [3.63, 3.8) is 0 Å². The zero-order chi connectivity index (χ0) is 13.5. The number of carbonyl (C=O) groups is 1. The Bertz CT molecular complexity index is 547. The molecule has 2 rings (SSSR count). The molecule has 19 heavy (non-hydrogen) atoms. The van der Waals surface area contributed by atoms with Crippen molar-refractivity contribution < 1.29 is 4.79 Å². The predicted molar refractivity (Wildman–Crippen MR) is 78.5 cm³/mol. The summed E-state index contributed by atoms with van der Waals surface area (Å²) in [5, 5.41) is 2.82. The highest BCUT2D eigenvalue weighted by Crippen LogP contribution is 2.11. The van der Waals surface area contributed by atoms with Crippen molar-refractivity contribution in [2.24, 2.45) is 0 Å². The normalized spacial score (nSPS) is 10.8. The summed E-state index contributed by atoms with van der Waals surface area (Å²) in [6.07, 6.45) is 7.46. The second kappa shape index (κ2) is 6.89. The van der Waals surface area contributed by atoms with Crippen LogP contribution in [0.15, 0.2) is 47.3 Å². The summed E-state index contributed by atoms with van der Waals surface area (Å²) in [7, 11) is 0. The first-order chi connectivity index (χ1) is 9.24. The van der Waals surface area contributed by atoms with E-state index in [-0.39, 0.29) is 5.91 Å². The molecule has 0 bridgehead atoms. The molecule has 5 heteroatoms. The van der Waals surface area contributed by atoms with E-state index in [0.29, 0.717) is 6.54 Å². The van der Waals surface area contributed by atoms with E-state index in [2.05, 4.69) is 31.2 Å². The Balaban J connectivity index is 1.76. The van der Waals surface area contributed by atoms with Gasteiger partial charge in [0.15, 0.2) is 0 Å². The smallest absolute Gasteiger partial charge is 0.244 e. The molecule has 0 aliphatic rings. The van der Waals surface area contributed by atoms with Crippen LogP contribution < -0.4 is 5.32 Å². The molecule has 0 aliphatic heterocycles. The van der Waals surface area contributed by atoms with E-state index in [9.17, 15) is 4.79 Å². The van der Waals surface area contributed by atoms with Gasteiger partial charge in [-0.1, -0.05) is 28.1 Å². The number of aromatic nitrogens is 2. The Morgan fingerprint density at radius 1 is 1.37 bits per heavy atom. The van der Waals surface area contributed by atoms with Crippen LogP contribution in [0.25, 0.3) is 6.08 Å². The number of hydrogen-bond acceptors (Lipinski definition) is 2. The summed E-state index contributed by atoms with van der Waals surface area (Å²) >= 11 is 3.37. The number of rotatable bonds is 5. The molecule has 98 valence electrons. The molecule has 1 amide bonds. The number of carbonyl (C=O) groups excluding carboxylic acids is 1. The zero-order valence-corrected chi connectivity index (χ0v) is 11.9. The molecule has 0 saturated heterocycles. The number of nitrogens with zero attached hydrogens (tertiary/aromatic N) is 1. The second-order valence-electron chi connectivity index (χ2n) is 4.00. The minimum atomic E-state index is -0.0950. The standard InChI is InChI=1S/C14H14BrN3O/c15-12-4-1-11(2-5-12)3-6-14(19)17-8-7-13-9-16-10-18-13/h1-6,9-10H,7-8H2,(H,16,18)(H,17,19). The molecule has 2 N–H and O–H groups in total. The van der Waals surface area contributed by atoms with Crippen molar-refractivity contribution in [2.45, 2.75) is 6.42 Å². The Hall–Kier alpha value is -1.88. The predicted octanol–water partition coefficient (Wildman–Crippen LogP) is 2.54. The van der Waals surface area contributed by atoms with Crippen LogP contribution in [0.4, 0.5) is 0 Å². The molecule has 0 spiro atoms. The van der Waals surface area contributed by atoms with Gasteiger partial charge in [0.2, 0.25) is 5.91 Å². The lowest BCUT2D eigenvalue weighted by Crippen LogP contribution is -2.23. The monoisotopic (exact) mass is 319 g/mol. The van der Waals surface area contributed by atoms with E-state index in [0.717, 1.165) is 22.2 Å². The maximum absolute atomic E-state index is 11.6. The van der Waals surface area contributed by atoms with Crippen LogP contribution in [0.3, 0.4) is 0 Å². The van der Waals surface area contributed by atoms with Gasteiger partial charge in [-0.2, -0.15) is 0 Å². The summed E-state index contributed by atoms with van der Waals surface area (Å²) < 4.78 is 1.02. The van der Waals surface area contributed by atoms with Crippen LogP contribution in [-0.2, 0) is 11.2 Å². The van der Waals surface area contributed by atoms with Gasteiger partial charge in [0.05, 0.1) is 6.33 Å². The molecule has 4 nitrogen and oxygen atoms in total.